The highest BCUT2D eigenvalue weighted by Gasteiger charge is 2.52. The van der Waals surface area contributed by atoms with Crippen molar-refractivity contribution in [2.24, 2.45) is 0 Å². The average molecular weight is 851 g/mol. The van der Waals surface area contributed by atoms with E-state index in [4.69, 9.17) is 0 Å². The van der Waals surface area contributed by atoms with Crippen molar-refractivity contribution in [3.63, 3.8) is 0 Å². The van der Waals surface area contributed by atoms with Crippen molar-refractivity contribution in [1.29, 1.82) is 0 Å². The summed E-state index contributed by atoms with van der Waals surface area (Å²) in [6.07, 6.45) is 0. The largest absolute Gasteiger partial charge is 0.310 e. The molecule has 0 radical (unpaired) electrons. The quantitative estimate of drug-likeness (QED) is 0.162. The number of hydrogen-bond donors (Lipinski definition) is 0. The van der Waals surface area contributed by atoms with Gasteiger partial charge in [0.05, 0.1) is 16.4 Å². The predicted octanol–water partition coefficient (Wildman–Crippen LogP) is 17.1. The second kappa shape index (κ2) is 14.7. The summed E-state index contributed by atoms with van der Waals surface area (Å²) in [7, 11) is 0. The van der Waals surface area contributed by atoms with Crippen LogP contribution in [0, 0.1) is 0 Å². The van der Waals surface area contributed by atoms with Crippen molar-refractivity contribution in [3.05, 3.63) is 277 Å². The Hall–Kier alpha value is -8.72. The molecule has 0 fully saturated rings. The minimum atomic E-state index is -0.552. The summed E-state index contributed by atoms with van der Waals surface area (Å²) in [4.78, 5) is 2.44. The van der Waals surface area contributed by atoms with Crippen LogP contribution < -0.4 is 4.90 Å². The van der Waals surface area contributed by atoms with Crippen molar-refractivity contribution in [1.82, 2.24) is 4.57 Å². The van der Waals surface area contributed by atoms with Gasteiger partial charge >= 0.3 is 0 Å². The summed E-state index contributed by atoms with van der Waals surface area (Å²) < 4.78 is 2.46. The molecule has 312 valence electrons. The molecule has 1 heterocycles. The van der Waals surface area contributed by atoms with Gasteiger partial charge in [-0.3, -0.25) is 0 Å². The highest BCUT2D eigenvalue weighted by molar-refractivity contribution is 6.09. The summed E-state index contributed by atoms with van der Waals surface area (Å²) in [5.41, 5.74) is 21.6. The molecule has 0 atom stereocenters. The van der Waals surface area contributed by atoms with Gasteiger partial charge in [-0.1, -0.05) is 194 Å². The lowest BCUT2D eigenvalue weighted by atomic mass is 9.70. The molecular formula is C65H42N2. The highest BCUT2D eigenvalue weighted by Crippen LogP contribution is 2.63. The Bertz CT molecular complexity index is 3810. The third kappa shape index (κ3) is 5.51. The third-order valence-electron chi connectivity index (χ3n) is 14.6. The first kappa shape index (κ1) is 37.6. The van der Waals surface area contributed by atoms with Crippen LogP contribution in [0.5, 0.6) is 0 Å². The monoisotopic (exact) mass is 850 g/mol. The molecule has 0 aliphatic heterocycles. The maximum absolute atomic E-state index is 2.50. The minimum absolute atomic E-state index is 0.552. The van der Waals surface area contributed by atoms with Gasteiger partial charge in [0.2, 0.25) is 0 Å². The fourth-order valence-corrected chi connectivity index (χ4v) is 11.7. The molecule has 14 rings (SSSR count). The molecule has 0 saturated carbocycles. The van der Waals surface area contributed by atoms with E-state index >= 15 is 0 Å². The number of benzene rings is 11. The number of nitrogens with zero attached hydrogens (tertiary/aromatic N) is 2. The lowest BCUT2D eigenvalue weighted by Crippen LogP contribution is -2.26. The Morgan fingerprint density at radius 3 is 1.42 bits per heavy atom. The molecule has 0 N–H and O–H groups in total. The van der Waals surface area contributed by atoms with Crippen LogP contribution in [-0.2, 0) is 5.41 Å². The highest BCUT2D eigenvalue weighted by atomic mass is 15.1. The maximum atomic E-state index is 2.50. The normalized spacial score (nSPS) is 12.9. The molecule has 0 saturated heterocycles. The van der Waals surface area contributed by atoms with E-state index in [0.717, 1.165) is 22.7 Å². The van der Waals surface area contributed by atoms with E-state index in [-0.39, 0.29) is 0 Å². The first-order valence-electron chi connectivity index (χ1n) is 23.3. The van der Waals surface area contributed by atoms with Crippen molar-refractivity contribution >= 4 is 49.6 Å². The summed E-state index contributed by atoms with van der Waals surface area (Å²) in [5.74, 6) is 0. The molecule has 11 aromatic carbocycles. The number of rotatable bonds is 6. The fraction of sp³-hybridized carbons (Fsp3) is 0.0154. The van der Waals surface area contributed by atoms with E-state index in [1.807, 2.05) is 0 Å². The van der Waals surface area contributed by atoms with E-state index < -0.39 is 5.41 Å². The standard InChI is InChI=1S/C65H42N2/c1-2-15-43(16-3-1)44-29-33-47(34-30-44)66(48-35-31-46(32-36-48)52-24-14-18-45-17-4-5-19-51(45)52)49-37-39-55-56-40-38-50(67-63-27-12-8-22-57(63)58-23-9-13-28-64(58)67)42-62(56)65(61(55)41-49)59-25-10-6-20-53(59)54-21-7-11-26-60(54)65/h1-42H. The van der Waals surface area contributed by atoms with Crippen molar-refractivity contribution in [3.8, 4) is 50.2 Å². The summed E-state index contributed by atoms with van der Waals surface area (Å²) in [6.45, 7) is 0. The minimum Gasteiger partial charge on any atom is -0.310 e. The predicted molar refractivity (Wildman–Crippen MR) is 280 cm³/mol. The van der Waals surface area contributed by atoms with Crippen molar-refractivity contribution < 1.29 is 0 Å². The molecule has 1 spiro atoms. The molecule has 12 aromatic rings. The first-order valence-corrected chi connectivity index (χ1v) is 23.3. The third-order valence-corrected chi connectivity index (χ3v) is 14.6. The van der Waals surface area contributed by atoms with Crippen LogP contribution in [0.2, 0.25) is 0 Å². The van der Waals surface area contributed by atoms with Gasteiger partial charge in [-0.2, -0.15) is 0 Å². The van der Waals surface area contributed by atoms with Gasteiger partial charge in [-0.25, -0.2) is 0 Å². The molecule has 2 nitrogen and oxygen atoms in total. The zero-order valence-electron chi connectivity index (χ0n) is 36.6. The van der Waals surface area contributed by atoms with Crippen LogP contribution in [0.4, 0.5) is 17.1 Å². The summed E-state index contributed by atoms with van der Waals surface area (Å²) in [5, 5.41) is 5.03. The number of hydrogen-bond acceptors (Lipinski definition) is 1. The summed E-state index contributed by atoms with van der Waals surface area (Å²) in [6, 6.07) is 94.4. The number of fused-ring (bicyclic) bond motifs is 14. The maximum Gasteiger partial charge on any atom is 0.0727 e. The first-order chi connectivity index (χ1) is 33.2. The van der Waals surface area contributed by atoms with E-state index in [1.165, 1.54) is 99.3 Å². The number of aromatic nitrogens is 1. The van der Waals surface area contributed by atoms with Gasteiger partial charge in [-0.05, 0) is 138 Å². The van der Waals surface area contributed by atoms with E-state index in [0.29, 0.717) is 0 Å². The molecule has 2 heteroatoms. The van der Waals surface area contributed by atoms with Crippen LogP contribution >= 0.6 is 0 Å². The smallest absolute Gasteiger partial charge is 0.0727 e. The van der Waals surface area contributed by atoms with Crippen LogP contribution in [-0.4, -0.2) is 4.57 Å². The van der Waals surface area contributed by atoms with Crippen LogP contribution in [0.1, 0.15) is 22.3 Å². The van der Waals surface area contributed by atoms with Gasteiger partial charge in [0.15, 0.2) is 0 Å². The zero-order chi connectivity index (χ0) is 44.1. The Morgan fingerprint density at radius 1 is 0.284 bits per heavy atom. The molecule has 2 aliphatic carbocycles. The number of para-hydroxylation sites is 2. The van der Waals surface area contributed by atoms with Gasteiger partial charge in [-0.15, -0.1) is 0 Å². The van der Waals surface area contributed by atoms with Crippen LogP contribution in [0.15, 0.2) is 255 Å². The van der Waals surface area contributed by atoms with Crippen molar-refractivity contribution in [2.75, 3.05) is 4.90 Å². The van der Waals surface area contributed by atoms with Crippen molar-refractivity contribution in [2.45, 2.75) is 5.41 Å². The molecule has 1 aromatic heterocycles. The van der Waals surface area contributed by atoms with E-state index in [2.05, 4.69) is 264 Å². The zero-order valence-corrected chi connectivity index (χ0v) is 36.6. The Balaban J connectivity index is 0.990. The van der Waals surface area contributed by atoms with E-state index in [1.54, 1.807) is 0 Å². The van der Waals surface area contributed by atoms with Crippen LogP contribution in [0.3, 0.4) is 0 Å². The lowest BCUT2D eigenvalue weighted by molar-refractivity contribution is 0.792. The second-order valence-electron chi connectivity index (χ2n) is 18.0. The van der Waals surface area contributed by atoms with Gasteiger partial charge in [0.25, 0.3) is 0 Å². The van der Waals surface area contributed by atoms with Gasteiger partial charge < -0.3 is 9.47 Å². The summed E-state index contributed by atoms with van der Waals surface area (Å²) >= 11 is 0. The Labute approximate surface area is 389 Å². The van der Waals surface area contributed by atoms with Gasteiger partial charge in [0, 0.05) is 33.5 Å². The Kier molecular flexibility index (Phi) is 8.23. The van der Waals surface area contributed by atoms with E-state index in [9.17, 15) is 0 Å². The molecule has 2 aliphatic rings. The molecule has 0 unspecified atom stereocenters. The second-order valence-corrected chi connectivity index (χ2v) is 18.0. The molecule has 0 amide bonds. The Morgan fingerprint density at radius 2 is 0.746 bits per heavy atom. The number of anilines is 3. The van der Waals surface area contributed by atoms with Crippen LogP contribution in [0.25, 0.3) is 82.8 Å². The topological polar surface area (TPSA) is 8.17 Å². The molecular weight excluding hydrogens is 809 g/mol. The van der Waals surface area contributed by atoms with Gasteiger partial charge in [0.1, 0.15) is 0 Å². The fourth-order valence-electron chi connectivity index (χ4n) is 11.7. The average Bonchev–Trinajstić information content (AvgIpc) is 4.01. The molecule has 0 bridgehead atoms. The lowest BCUT2D eigenvalue weighted by Gasteiger charge is -2.32. The SMILES string of the molecule is c1ccc(-c2ccc(N(c3ccc(-c4cccc5ccccc45)cc3)c3ccc4c(c3)C3(c5ccccc5-c5ccccc53)c3cc(-n5c6ccccc6c6ccccc65)ccc3-4)cc2)cc1. The molecule has 67 heavy (non-hydrogen) atoms.